The molecule has 0 aliphatic carbocycles. The molecule has 3 aromatic rings. The average molecular weight is 408 g/mol. The Morgan fingerprint density at radius 3 is 2.67 bits per heavy atom. The summed E-state index contributed by atoms with van der Waals surface area (Å²) in [4.78, 5) is 31.2. The van der Waals surface area contributed by atoms with E-state index in [-0.39, 0.29) is 11.2 Å². The van der Waals surface area contributed by atoms with Gasteiger partial charge in [0.15, 0.2) is 0 Å². The highest BCUT2D eigenvalue weighted by Gasteiger charge is 2.32. The lowest BCUT2D eigenvalue weighted by Gasteiger charge is -2.08. The number of nitrogens with zero attached hydrogens (tertiary/aromatic N) is 5. The molecule has 9 nitrogen and oxygen atoms in total. The molecule has 0 radical (unpaired) electrons. The summed E-state index contributed by atoms with van der Waals surface area (Å²) in [5, 5.41) is 11.2. The fraction of sp³-hybridized carbons (Fsp3) is 0.333. The SMILES string of the molecule is CCn1cc(C2=NO[C@H](C(=O)Nc3c(C)n(C)n(-c4ccccc4)c3=O)C2)c(C)n1. The third-order valence-corrected chi connectivity index (χ3v) is 5.34. The van der Waals surface area contributed by atoms with Gasteiger partial charge in [-0.15, -0.1) is 0 Å². The molecule has 1 amide bonds. The second-order valence-electron chi connectivity index (χ2n) is 7.25. The first-order valence-corrected chi connectivity index (χ1v) is 9.82. The minimum absolute atomic E-state index is 0.235. The number of carbonyl (C=O) groups excluding carboxylic acids is 1. The number of aromatic nitrogens is 4. The summed E-state index contributed by atoms with van der Waals surface area (Å²) < 4.78 is 5.05. The summed E-state index contributed by atoms with van der Waals surface area (Å²) in [6.45, 7) is 6.44. The molecule has 1 aliphatic heterocycles. The lowest BCUT2D eigenvalue weighted by atomic mass is 10.1. The number of nitrogens with one attached hydrogen (secondary N) is 1. The van der Waals surface area contributed by atoms with E-state index in [0.717, 1.165) is 23.5 Å². The quantitative estimate of drug-likeness (QED) is 0.700. The van der Waals surface area contributed by atoms with Crippen LogP contribution in [-0.2, 0) is 23.2 Å². The number of oxime groups is 1. The predicted octanol–water partition coefficient (Wildman–Crippen LogP) is 2.14. The normalized spacial score (nSPS) is 15.7. The second kappa shape index (κ2) is 7.66. The molecule has 1 aromatic carbocycles. The van der Waals surface area contributed by atoms with Crippen LogP contribution in [0.1, 0.15) is 30.3 Å². The van der Waals surface area contributed by atoms with E-state index in [4.69, 9.17) is 4.84 Å². The van der Waals surface area contributed by atoms with Crippen LogP contribution in [-0.4, -0.2) is 36.9 Å². The maximum Gasteiger partial charge on any atom is 0.295 e. The Morgan fingerprint density at radius 1 is 1.27 bits per heavy atom. The number of anilines is 1. The molecule has 0 fully saturated rings. The molecule has 9 heteroatoms. The van der Waals surface area contributed by atoms with Gasteiger partial charge in [-0.1, -0.05) is 23.4 Å². The van der Waals surface area contributed by atoms with E-state index in [1.807, 2.05) is 55.1 Å². The molecular weight excluding hydrogens is 384 g/mol. The number of benzene rings is 1. The highest BCUT2D eigenvalue weighted by molar-refractivity contribution is 6.06. The van der Waals surface area contributed by atoms with Crippen molar-refractivity contribution >= 4 is 17.3 Å². The first-order chi connectivity index (χ1) is 14.4. The van der Waals surface area contributed by atoms with Crippen molar-refractivity contribution < 1.29 is 9.63 Å². The number of hydrogen-bond acceptors (Lipinski definition) is 5. The van der Waals surface area contributed by atoms with Crippen LogP contribution in [0.15, 0.2) is 46.5 Å². The van der Waals surface area contributed by atoms with Crippen molar-refractivity contribution in [3.8, 4) is 5.69 Å². The number of rotatable bonds is 5. The van der Waals surface area contributed by atoms with E-state index >= 15 is 0 Å². The molecule has 1 N–H and O–H groups in total. The third kappa shape index (κ3) is 3.32. The average Bonchev–Trinajstić information content (AvgIpc) is 3.42. The predicted molar refractivity (Wildman–Crippen MR) is 113 cm³/mol. The molecule has 156 valence electrons. The Hall–Kier alpha value is -3.62. The van der Waals surface area contributed by atoms with Crippen molar-refractivity contribution in [1.29, 1.82) is 0 Å². The Balaban J connectivity index is 1.53. The molecule has 0 saturated heterocycles. The maximum absolute atomic E-state index is 13.0. The van der Waals surface area contributed by atoms with Crippen molar-refractivity contribution in [2.75, 3.05) is 5.32 Å². The van der Waals surface area contributed by atoms with Crippen LogP contribution in [0, 0.1) is 13.8 Å². The molecule has 30 heavy (non-hydrogen) atoms. The molecule has 0 bridgehead atoms. The van der Waals surface area contributed by atoms with Crippen molar-refractivity contribution in [2.24, 2.45) is 12.2 Å². The Labute approximate surface area is 173 Å². The lowest BCUT2D eigenvalue weighted by molar-refractivity contribution is -0.125. The molecule has 3 heterocycles. The van der Waals surface area contributed by atoms with Gasteiger partial charge in [0.1, 0.15) is 5.69 Å². The fourth-order valence-electron chi connectivity index (χ4n) is 3.56. The molecule has 0 unspecified atom stereocenters. The van der Waals surface area contributed by atoms with Crippen molar-refractivity contribution in [1.82, 2.24) is 19.1 Å². The van der Waals surface area contributed by atoms with Crippen molar-refractivity contribution in [3.63, 3.8) is 0 Å². The van der Waals surface area contributed by atoms with Crippen LogP contribution in [0.25, 0.3) is 5.69 Å². The minimum atomic E-state index is -0.798. The van der Waals surface area contributed by atoms with Gasteiger partial charge in [-0.05, 0) is 32.9 Å². The van der Waals surface area contributed by atoms with Crippen LogP contribution in [0.2, 0.25) is 0 Å². The smallest absolute Gasteiger partial charge is 0.295 e. The van der Waals surface area contributed by atoms with Crippen LogP contribution >= 0.6 is 0 Å². The van der Waals surface area contributed by atoms with Gasteiger partial charge in [-0.3, -0.25) is 19.0 Å². The number of carbonyl (C=O) groups is 1. The zero-order valence-corrected chi connectivity index (χ0v) is 17.4. The van der Waals surface area contributed by atoms with Crippen molar-refractivity contribution in [3.05, 3.63) is 63.8 Å². The molecule has 0 saturated carbocycles. The second-order valence-corrected chi connectivity index (χ2v) is 7.25. The molecule has 0 spiro atoms. The maximum atomic E-state index is 13.0. The molecule has 1 atom stereocenters. The van der Waals surface area contributed by atoms with Gasteiger partial charge in [-0.25, -0.2) is 4.68 Å². The third-order valence-electron chi connectivity index (χ3n) is 5.34. The van der Waals surface area contributed by atoms with Gasteiger partial charge >= 0.3 is 0 Å². The Bertz CT molecular complexity index is 1190. The monoisotopic (exact) mass is 408 g/mol. The van der Waals surface area contributed by atoms with Gasteiger partial charge in [0, 0.05) is 31.8 Å². The topological polar surface area (TPSA) is 95.4 Å². The van der Waals surface area contributed by atoms with Gasteiger partial charge in [0.2, 0.25) is 6.10 Å². The Morgan fingerprint density at radius 2 is 2.00 bits per heavy atom. The van der Waals surface area contributed by atoms with Gasteiger partial charge in [-0.2, -0.15) is 5.10 Å². The van der Waals surface area contributed by atoms with Crippen LogP contribution in [0.3, 0.4) is 0 Å². The zero-order chi connectivity index (χ0) is 21.4. The van der Waals surface area contributed by atoms with E-state index < -0.39 is 12.0 Å². The first-order valence-electron chi connectivity index (χ1n) is 9.82. The summed E-state index contributed by atoms with van der Waals surface area (Å²) in [6.07, 6.45) is 1.42. The van der Waals surface area contributed by atoms with Gasteiger partial charge < -0.3 is 10.2 Å². The summed E-state index contributed by atoms with van der Waals surface area (Å²) >= 11 is 0. The van der Waals surface area contributed by atoms with E-state index in [1.165, 1.54) is 4.68 Å². The fourth-order valence-corrected chi connectivity index (χ4v) is 3.56. The van der Waals surface area contributed by atoms with Crippen molar-refractivity contribution in [2.45, 2.75) is 39.8 Å². The number of hydrogen-bond donors (Lipinski definition) is 1. The number of amides is 1. The summed E-state index contributed by atoms with van der Waals surface area (Å²) in [5.41, 5.74) is 3.70. The van der Waals surface area contributed by atoms with Crippen LogP contribution < -0.4 is 10.9 Å². The Kier molecular flexibility index (Phi) is 5.03. The first kappa shape index (κ1) is 19.7. The molecule has 2 aromatic heterocycles. The summed E-state index contributed by atoms with van der Waals surface area (Å²) in [5.74, 6) is -0.403. The van der Waals surface area contributed by atoms with E-state index in [9.17, 15) is 9.59 Å². The van der Waals surface area contributed by atoms with Crippen LogP contribution in [0.5, 0.6) is 0 Å². The van der Waals surface area contributed by atoms with E-state index in [0.29, 0.717) is 17.8 Å². The molecular formula is C21H24N6O3. The van der Waals surface area contributed by atoms with E-state index in [1.54, 1.807) is 18.7 Å². The standard InChI is InChI=1S/C21H24N6O3/c1-5-26-12-16(13(2)23-26)17-11-18(30-24-17)20(28)22-19-14(3)25(4)27(21(19)29)15-9-7-6-8-10-15/h6-10,12,18H,5,11H2,1-4H3,(H,22,28)/t18-/m0/s1. The summed E-state index contributed by atoms with van der Waals surface area (Å²) in [7, 11) is 1.78. The highest BCUT2D eigenvalue weighted by atomic mass is 16.6. The number of aryl methyl sites for hydroxylation is 2. The minimum Gasteiger partial charge on any atom is -0.382 e. The van der Waals surface area contributed by atoms with Crippen LogP contribution in [0.4, 0.5) is 5.69 Å². The number of para-hydroxylation sites is 1. The van der Waals surface area contributed by atoms with E-state index in [2.05, 4.69) is 15.6 Å². The zero-order valence-electron chi connectivity index (χ0n) is 17.4. The largest absolute Gasteiger partial charge is 0.382 e. The molecule has 4 rings (SSSR count). The molecule has 1 aliphatic rings. The summed E-state index contributed by atoms with van der Waals surface area (Å²) in [6, 6.07) is 9.28. The highest BCUT2D eigenvalue weighted by Crippen LogP contribution is 2.21. The lowest BCUT2D eigenvalue weighted by Crippen LogP contribution is -2.30. The van der Waals surface area contributed by atoms with Gasteiger partial charge in [0.05, 0.1) is 22.8 Å². The van der Waals surface area contributed by atoms with Gasteiger partial charge in [0.25, 0.3) is 11.5 Å².